The molecule has 1 aromatic heterocycles. The van der Waals surface area contributed by atoms with Crippen LogP contribution in [0.25, 0.3) is 0 Å². The van der Waals surface area contributed by atoms with Gasteiger partial charge < -0.3 is 15.4 Å². The van der Waals surface area contributed by atoms with Crippen molar-refractivity contribution in [2.45, 2.75) is 12.1 Å². The highest BCUT2D eigenvalue weighted by Crippen LogP contribution is 2.25. The Bertz CT molecular complexity index is 602. The lowest BCUT2D eigenvalue weighted by molar-refractivity contribution is 0.0150. The van der Waals surface area contributed by atoms with Gasteiger partial charge in [-0.15, -0.1) is 35.3 Å². The van der Waals surface area contributed by atoms with Crippen molar-refractivity contribution in [1.29, 1.82) is 0 Å². The molecule has 0 saturated carbocycles. The normalized spacial score (nSPS) is 29.2. The molecule has 2 N–H and O–H groups in total. The molecule has 0 aromatic carbocycles. The minimum Gasteiger partial charge on any atom is -0.379 e. The standard InChI is InChI=1S/C19H32N6OS.HI/c1-20-19(21-13-16-15-23-4-6-24(16)7-5-23)22-14-17(18-3-2-12-27-18)25-8-10-26-11-9-25;/h2-3,12,16-17H,4-11,13-15H2,1H3,(H2,20,21,22);1H. The molecule has 2 unspecified atom stereocenters. The summed E-state index contributed by atoms with van der Waals surface area (Å²) in [5, 5.41) is 9.29. The Labute approximate surface area is 189 Å². The van der Waals surface area contributed by atoms with Crippen LogP contribution in [-0.4, -0.2) is 106 Å². The van der Waals surface area contributed by atoms with E-state index in [4.69, 9.17) is 4.74 Å². The molecule has 0 radical (unpaired) electrons. The van der Waals surface area contributed by atoms with E-state index >= 15 is 0 Å². The van der Waals surface area contributed by atoms with Gasteiger partial charge in [-0.2, -0.15) is 0 Å². The van der Waals surface area contributed by atoms with E-state index in [1.165, 1.54) is 37.6 Å². The monoisotopic (exact) mass is 520 g/mol. The number of nitrogens with zero attached hydrogens (tertiary/aromatic N) is 4. The molecule has 2 atom stereocenters. The minimum atomic E-state index is 0. The number of guanidine groups is 1. The third-order valence-electron chi connectivity index (χ3n) is 5.94. The Morgan fingerprint density at radius 1 is 1.21 bits per heavy atom. The summed E-state index contributed by atoms with van der Waals surface area (Å²) in [5.74, 6) is 0.905. The molecule has 4 fully saturated rings. The van der Waals surface area contributed by atoms with Crippen molar-refractivity contribution in [3.63, 3.8) is 0 Å². The molecule has 2 bridgehead atoms. The molecule has 9 heteroatoms. The van der Waals surface area contributed by atoms with Crippen LogP contribution in [0.2, 0.25) is 0 Å². The zero-order valence-corrected chi connectivity index (χ0v) is 19.8. The van der Waals surface area contributed by atoms with Crippen LogP contribution in [0.4, 0.5) is 0 Å². The van der Waals surface area contributed by atoms with E-state index in [-0.39, 0.29) is 24.0 Å². The Morgan fingerprint density at radius 2 is 2.00 bits per heavy atom. The zero-order chi connectivity index (χ0) is 18.5. The largest absolute Gasteiger partial charge is 0.379 e. The van der Waals surface area contributed by atoms with Crippen molar-refractivity contribution in [2.75, 3.05) is 79.2 Å². The van der Waals surface area contributed by atoms with E-state index in [2.05, 4.69) is 47.8 Å². The van der Waals surface area contributed by atoms with Crippen molar-refractivity contribution in [3.8, 4) is 0 Å². The van der Waals surface area contributed by atoms with Gasteiger partial charge in [0.15, 0.2) is 5.96 Å². The average Bonchev–Trinajstić information content (AvgIpc) is 3.27. The van der Waals surface area contributed by atoms with Crippen LogP contribution in [0.1, 0.15) is 10.9 Å². The molecule has 1 aromatic rings. The van der Waals surface area contributed by atoms with E-state index in [1.807, 2.05) is 18.4 Å². The first kappa shape index (κ1) is 22.2. The SMILES string of the molecule is CN=C(NCC1CN2CCN1CC2)NCC(c1cccs1)N1CCOCC1.I. The van der Waals surface area contributed by atoms with Crippen LogP contribution in [0, 0.1) is 0 Å². The number of fused-ring (bicyclic) bond motifs is 3. The number of halogens is 1. The molecular formula is C19H33IN6OS. The van der Waals surface area contributed by atoms with Crippen molar-refractivity contribution >= 4 is 41.3 Å². The maximum absolute atomic E-state index is 5.54. The van der Waals surface area contributed by atoms with E-state index in [0.717, 1.165) is 45.4 Å². The van der Waals surface area contributed by atoms with Gasteiger partial charge in [-0.1, -0.05) is 6.07 Å². The van der Waals surface area contributed by atoms with Gasteiger partial charge >= 0.3 is 0 Å². The van der Waals surface area contributed by atoms with Crippen LogP contribution >= 0.6 is 35.3 Å². The maximum Gasteiger partial charge on any atom is 0.191 e. The van der Waals surface area contributed by atoms with Crippen molar-refractivity contribution in [1.82, 2.24) is 25.3 Å². The highest BCUT2D eigenvalue weighted by molar-refractivity contribution is 14.0. The second kappa shape index (κ2) is 11.1. The Hall–Kier alpha value is -0.460. The molecule has 0 amide bonds. The topological polar surface area (TPSA) is 55.4 Å². The number of nitrogens with one attached hydrogen (secondary N) is 2. The quantitative estimate of drug-likeness (QED) is 0.331. The molecule has 4 aliphatic rings. The highest BCUT2D eigenvalue weighted by atomic mass is 127. The highest BCUT2D eigenvalue weighted by Gasteiger charge is 2.31. The van der Waals surface area contributed by atoms with Crippen LogP contribution in [-0.2, 0) is 4.74 Å². The van der Waals surface area contributed by atoms with Gasteiger partial charge in [0.1, 0.15) is 0 Å². The third-order valence-corrected chi connectivity index (χ3v) is 6.92. The van der Waals surface area contributed by atoms with Gasteiger partial charge in [-0.05, 0) is 11.4 Å². The summed E-state index contributed by atoms with van der Waals surface area (Å²) < 4.78 is 5.54. The smallest absolute Gasteiger partial charge is 0.191 e. The van der Waals surface area contributed by atoms with Crippen molar-refractivity contribution in [2.24, 2.45) is 4.99 Å². The first-order valence-electron chi connectivity index (χ1n) is 10.1. The van der Waals surface area contributed by atoms with Gasteiger partial charge in [-0.25, -0.2) is 0 Å². The second-order valence-electron chi connectivity index (χ2n) is 7.50. The molecule has 4 saturated heterocycles. The number of aliphatic imine (C=N–C) groups is 1. The maximum atomic E-state index is 5.54. The van der Waals surface area contributed by atoms with E-state index < -0.39 is 0 Å². The number of piperazine rings is 3. The molecule has 158 valence electrons. The summed E-state index contributed by atoms with van der Waals surface area (Å²) in [5.41, 5.74) is 0. The first-order chi connectivity index (χ1) is 13.3. The molecule has 0 spiro atoms. The summed E-state index contributed by atoms with van der Waals surface area (Å²) in [7, 11) is 1.86. The van der Waals surface area contributed by atoms with Gasteiger partial charge in [0.2, 0.25) is 0 Å². The number of ether oxygens (including phenoxy) is 1. The fourth-order valence-corrected chi connectivity index (χ4v) is 5.19. The van der Waals surface area contributed by atoms with Gasteiger partial charge in [-0.3, -0.25) is 19.7 Å². The van der Waals surface area contributed by atoms with Crippen LogP contribution in [0.3, 0.4) is 0 Å². The lowest BCUT2D eigenvalue weighted by Crippen LogP contribution is -2.64. The first-order valence-corrected chi connectivity index (χ1v) is 11.0. The van der Waals surface area contributed by atoms with E-state index in [0.29, 0.717) is 12.1 Å². The molecule has 0 aliphatic carbocycles. The summed E-state index contributed by atoms with van der Waals surface area (Å²) in [6.45, 7) is 11.5. The van der Waals surface area contributed by atoms with Crippen LogP contribution < -0.4 is 10.6 Å². The molecule has 5 rings (SSSR count). The van der Waals surface area contributed by atoms with Gasteiger partial charge in [0.05, 0.1) is 19.3 Å². The lowest BCUT2D eigenvalue weighted by atomic mass is 10.1. The second-order valence-corrected chi connectivity index (χ2v) is 8.48. The molecule has 28 heavy (non-hydrogen) atoms. The summed E-state index contributed by atoms with van der Waals surface area (Å²) in [6, 6.07) is 5.34. The number of thiophene rings is 1. The predicted molar refractivity (Wildman–Crippen MR) is 126 cm³/mol. The number of morpholine rings is 1. The molecule has 5 heterocycles. The number of hydrogen-bond acceptors (Lipinski definition) is 6. The van der Waals surface area contributed by atoms with Crippen molar-refractivity contribution < 1.29 is 4.74 Å². The lowest BCUT2D eigenvalue weighted by Gasteiger charge is -2.47. The number of rotatable bonds is 6. The van der Waals surface area contributed by atoms with Crippen molar-refractivity contribution in [3.05, 3.63) is 22.4 Å². The Morgan fingerprint density at radius 3 is 2.61 bits per heavy atom. The third kappa shape index (κ3) is 5.57. The zero-order valence-electron chi connectivity index (χ0n) is 16.7. The van der Waals surface area contributed by atoms with E-state index in [9.17, 15) is 0 Å². The average molecular weight is 520 g/mol. The summed E-state index contributed by atoms with van der Waals surface area (Å²) >= 11 is 1.83. The Balaban J connectivity index is 0.00000225. The predicted octanol–water partition coefficient (Wildman–Crippen LogP) is 0.904. The molecule has 7 nitrogen and oxygen atoms in total. The summed E-state index contributed by atoms with van der Waals surface area (Å²) in [6.07, 6.45) is 0. The number of hydrogen-bond donors (Lipinski definition) is 2. The fraction of sp³-hybridized carbons (Fsp3) is 0.737. The fourth-order valence-electron chi connectivity index (χ4n) is 4.33. The van der Waals surface area contributed by atoms with Gasteiger partial charge in [0.25, 0.3) is 0 Å². The molecule has 4 aliphatic heterocycles. The van der Waals surface area contributed by atoms with E-state index in [1.54, 1.807) is 0 Å². The Kier molecular flexibility index (Phi) is 8.79. The van der Waals surface area contributed by atoms with Gasteiger partial charge in [0, 0.05) is 76.9 Å². The minimum absolute atomic E-state index is 0. The van der Waals surface area contributed by atoms with Crippen LogP contribution in [0.5, 0.6) is 0 Å². The molecular weight excluding hydrogens is 487 g/mol. The summed E-state index contributed by atoms with van der Waals surface area (Å²) in [4.78, 5) is 13.6. The van der Waals surface area contributed by atoms with Crippen LogP contribution in [0.15, 0.2) is 22.5 Å².